The number of aliphatic hydroxyl groups excluding tert-OH is 2. The number of anilines is 2. The normalized spacial score (nSPS) is 17.4. The number of sulfonamides is 1. The van der Waals surface area contributed by atoms with Gasteiger partial charge in [-0.05, 0) is 116 Å². The fourth-order valence-electron chi connectivity index (χ4n) is 11.0. The molecule has 5 amide bonds. The van der Waals surface area contributed by atoms with Crippen molar-refractivity contribution in [3.63, 3.8) is 0 Å². The molecule has 3 aromatic carbocycles. The number of aliphatic hydroxyl groups is 2. The zero-order chi connectivity index (χ0) is 58.6. The highest BCUT2D eigenvalue weighted by Gasteiger charge is 2.45. The Labute approximate surface area is 483 Å². The maximum Gasteiger partial charge on any atom is 0.284 e. The molecule has 21 heteroatoms. The maximum absolute atomic E-state index is 14.4. The fraction of sp³-hybridized carbons (Fsp3) is 0.443. The average Bonchev–Trinajstić information content (AvgIpc) is 4.18. The minimum atomic E-state index is -4.27. The summed E-state index contributed by atoms with van der Waals surface area (Å²) in [7, 11) is -4.27. The van der Waals surface area contributed by atoms with Gasteiger partial charge in [0, 0.05) is 86.3 Å². The number of benzene rings is 3. The van der Waals surface area contributed by atoms with Gasteiger partial charge < -0.3 is 36.4 Å². The molecule has 3 aliphatic rings. The molecule has 8 rings (SSSR count). The van der Waals surface area contributed by atoms with E-state index in [-0.39, 0.29) is 76.4 Å². The highest BCUT2D eigenvalue weighted by Crippen LogP contribution is 2.33. The second-order valence-corrected chi connectivity index (χ2v) is 25.0. The minimum absolute atomic E-state index is 0.00609. The Hall–Kier alpha value is -7.51. The van der Waals surface area contributed by atoms with E-state index < -0.39 is 63.0 Å². The van der Waals surface area contributed by atoms with E-state index in [0.29, 0.717) is 64.4 Å². The van der Waals surface area contributed by atoms with Gasteiger partial charge in [0.15, 0.2) is 5.13 Å². The second kappa shape index (κ2) is 27.5. The van der Waals surface area contributed by atoms with Gasteiger partial charge in [0.25, 0.3) is 11.8 Å². The number of allylic oxidation sites excluding steroid dienone is 1. The van der Waals surface area contributed by atoms with Gasteiger partial charge in [-0.25, -0.2) is 23.1 Å². The number of nitrogens with one attached hydrogen (secondary N) is 4. The number of aromatic nitrogens is 2. The summed E-state index contributed by atoms with van der Waals surface area (Å²) >= 11 is 1.38. The summed E-state index contributed by atoms with van der Waals surface area (Å²) in [6, 6.07) is 21.6. The van der Waals surface area contributed by atoms with Crippen LogP contribution in [-0.2, 0) is 43.9 Å². The molecule has 2 aromatic heterocycles. The molecule has 0 unspecified atom stereocenters. The van der Waals surface area contributed by atoms with Crippen molar-refractivity contribution in [2.45, 2.75) is 129 Å². The van der Waals surface area contributed by atoms with Gasteiger partial charge in [-0.1, -0.05) is 93.2 Å². The molecule has 82 heavy (non-hydrogen) atoms. The number of β-amino-alcohol motifs (C(OH)–C–C–N with tert-alkyl or cyclic N) is 1. The van der Waals surface area contributed by atoms with Crippen molar-refractivity contribution in [3.05, 3.63) is 124 Å². The molecule has 2 aliphatic heterocycles. The van der Waals surface area contributed by atoms with E-state index in [4.69, 9.17) is 22.1 Å². The second-order valence-electron chi connectivity index (χ2n) is 22.1. The van der Waals surface area contributed by atoms with Crippen LogP contribution in [0.5, 0.6) is 0 Å². The van der Waals surface area contributed by atoms with Crippen molar-refractivity contribution in [3.8, 4) is 12.3 Å². The van der Waals surface area contributed by atoms with Gasteiger partial charge in [0.1, 0.15) is 23.6 Å². The van der Waals surface area contributed by atoms with E-state index in [2.05, 4.69) is 31.6 Å². The Morgan fingerprint density at radius 3 is 2.45 bits per heavy atom. The molecule has 19 nitrogen and oxygen atoms in total. The summed E-state index contributed by atoms with van der Waals surface area (Å²) in [5.74, 6) is 0.0573. The molecule has 8 N–H and O–H groups in total. The number of para-hydroxylation sites is 1. The SMILES string of the molecule is C#Cc1ccc(CNC(=O)[C@@H]2C[C@@H](O)CN2C(=O)[C@@H](NC(=O)CCCCCS(=O)(=O)NC(=O)c2nc(N3CCc4cccc(C(=O)Nc5nc6ccccc6s5)c4C3)ccc2/C(=C/N)C(C)=NCC2CCCCC2)C(C)(C)CCO)cc1. The van der Waals surface area contributed by atoms with Crippen LogP contribution in [0.3, 0.4) is 0 Å². The first kappa shape index (κ1) is 60.6. The van der Waals surface area contributed by atoms with Crippen LogP contribution in [0.4, 0.5) is 10.9 Å². The van der Waals surface area contributed by atoms with Crippen LogP contribution in [0.25, 0.3) is 15.8 Å². The number of aliphatic imine (C=N–C) groups is 1. The summed E-state index contributed by atoms with van der Waals surface area (Å²) in [5.41, 5.74) is 10.9. The molecule has 434 valence electrons. The Bertz CT molecular complexity index is 3330. The average molecular weight is 1160 g/mol. The molecule has 1 saturated heterocycles. The van der Waals surface area contributed by atoms with Crippen molar-refractivity contribution in [2.24, 2.45) is 22.1 Å². The van der Waals surface area contributed by atoms with E-state index in [9.17, 15) is 42.6 Å². The number of terminal acetylenes is 1. The lowest BCUT2D eigenvalue weighted by Gasteiger charge is -2.37. The van der Waals surface area contributed by atoms with Crippen molar-refractivity contribution in [2.75, 3.05) is 42.2 Å². The van der Waals surface area contributed by atoms with Gasteiger partial charge in [0.2, 0.25) is 27.7 Å². The number of pyridine rings is 1. The van der Waals surface area contributed by atoms with Crippen LogP contribution in [0.2, 0.25) is 0 Å². The summed E-state index contributed by atoms with van der Waals surface area (Å²) in [5, 5.41) is 29.7. The molecule has 0 bridgehead atoms. The number of nitrogens with zero attached hydrogens (tertiary/aromatic N) is 5. The number of rotatable bonds is 23. The molecule has 0 radical (unpaired) electrons. The highest BCUT2D eigenvalue weighted by molar-refractivity contribution is 7.90. The summed E-state index contributed by atoms with van der Waals surface area (Å²) in [4.78, 5) is 87.2. The number of thiazole rings is 1. The van der Waals surface area contributed by atoms with Crippen LogP contribution in [0.1, 0.15) is 140 Å². The zero-order valence-electron chi connectivity index (χ0n) is 46.8. The van der Waals surface area contributed by atoms with Gasteiger partial charge >= 0.3 is 0 Å². The molecule has 1 aliphatic carbocycles. The number of carbonyl (C=O) groups excluding carboxylic acids is 5. The van der Waals surface area contributed by atoms with Gasteiger partial charge in [-0.2, -0.15) is 0 Å². The van der Waals surface area contributed by atoms with Crippen molar-refractivity contribution < 1.29 is 42.6 Å². The number of likely N-dealkylation sites (tertiary alicyclic amines) is 1. The molecule has 0 spiro atoms. The number of carbonyl (C=O) groups is 5. The standard InChI is InChI=1S/C61H74N10O9S2/c1-5-40-22-24-42(25-23-40)36-64-57(76)50-33-44(73)37-71(50)59(78)55(61(3,4)29-31-72)67-53(74)21-10-7-13-32-82(79,80)69-58(77)54-45(47(34-62)39(2)63-35-41-15-8-6-9-16-41)26-27-52(66-54)70-30-28-43-17-14-18-46(48(43)38-70)56(75)68-60-65-49-19-11-12-20-51(49)81-60/h1,11-12,14,17-20,22-27,34,41,44,50,55,72-73H,6-10,13,15-16,21,28-33,35-38,62H2,2-4H3,(H,64,76)(H,67,74)(H,69,77)(H,65,68,75)/b47-34+,63-39?/t44-,50+,55-/m1/s1. The first-order chi connectivity index (χ1) is 39.4. The predicted molar refractivity (Wildman–Crippen MR) is 319 cm³/mol. The van der Waals surface area contributed by atoms with E-state index in [1.165, 1.54) is 28.9 Å². The molecule has 4 heterocycles. The van der Waals surface area contributed by atoms with Crippen LogP contribution in [0.15, 0.2) is 90.1 Å². The Morgan fingerprint density at radius 1 is 0.951 bits per heavy atom. The monoisotopic (exact) mass is 1150 g/mol. The predicted octanol–water partition coefficient (Wildman–Crippen LogP) is 6.62. The lowest BCUT2D eigenvalue weighted by molar-refractivity contribution is -0.144. The van der Waals surface area contributed by atoms with Crippen molar-refractivity contribution in [1.29, 1.82) is 0 Å². The number of unbranched alkanes of at least 4 members (excludes halogenated alkanes) is 2. The number of fused-ring (bicyclic) bond motifs is 2. The van der Waals surface area contributed by atoms with Crippen LogP contribution in [0, 0.1) is 23.7 Å². The number of nitrogens with two attached hydrogens (primary N) is 1. The Kier molecular flexibility index (Phi) is 20.3. The van der Waals surface area contributed by atoms with E-state index >= 15 is 0 Å². The molecular weight excluding hydrogens is 1080 g/mol. The van der Waals surface area contributed by atoms with E-state index in [0.717, 1.165) is 52.6 Å². The summed E-state index contributed by atoms with van der Waals surface area (Å²) < 4.78 is 30.7. The quantitative estimate of drug-likeness (QED) is 0.0206. The van der Waals surface area contributed by atoms with Crippen LogP contribution < -0.4 is 31.3 Å². The topological polar surface area (TPSA) is 279 Å². The van der Waals surface area contributed by atoms with E-state index in [1.807, 2.05) is 48.2 Å². The minimum Gasteiger partial charge on any atom is -0.404 e. The molecule has 5 aromatic rings. The number of hydrogen-bond donors (Lipinski definition) is 7. The van der Waals surface area contributed by atoms with Crippen LogP contribution in [-0.4, -0.2) is 119 Å². The Morgan fingerprint density at radius 2 is 1.72 bits per heavy atom. The lowest BCUT2D eigenvalue weighted by Crippen LogP contribution is -2.58. The third-order valence-electron chi connectivity index (χ3n) is 15.7. The van der Waals surface area contributed by atoms with Gasteiger partial charge in [-0.15, -0.1) is 6.42 Å². The maximum atomic E-state index is 14.4. The first-order valence-electron chi connectivity index (χ1n) is 28.1. The molecular formula is C61H74N10O9S2. The van der Waals surface area contributed by atoms with Crippen molar-refractivity contribution in [1.82, 2.24) is 30.2 Å². The molecule has 2 fully saturated rings. The summed E-state index contributed by atoms with van der Waals surface area (Å²) in [6.45, 7) is 6.35. The third kappa shape index (κ3) is 15.3. The number of hydrogen-bond acceptors (Lipinski definition) is 15. The fourth-order valence-corrected chi connectivity index (χ4v) is 12.9. The van der Waals surface area contributed by atoms with Gasteiger partial charge in [-0.3, -0.25) is 34.3 Å². The van der Waals surface area contributed by atoms with E-state index in [1.54, 1.807) is 56.3 Å². The third-order valence-corrected chi connectivity index (χ3v) is 18.0. The zero-order valence-corrected chi connectivity index (χ0v) is 48.4. The molecule has 1 saturated carbocycles. The highest BCUT2D eigenvalue weighted by atomic mass is 32.2. The number of amides is 5. The first-order valence-corrected chi connectivity index (χ1v) is 30.6. The molecule has 3 atom stereocenters. The van der Waals surface area contributed by atoms with Gasteiger partial charge in [0.05, 0.1) is 22.1 Å². The summed E-state index contributed by atoms with van der Waals surface area (Å²) in [6.07, 6.45) is 12.7. The lowest BCUT2D eigenvalue weighted by atomic mass is 9.80. The van der Waals surface area contributed by atoms with Crippen molar-refractivity contribution >= 4 is 83.3 Å². The smallest absolute Gasteiger partial charge is 0.284 e. The largest absolute Gasteiger partial charge is 0.404 e. The van der Waals surface area contributed by atoms with Crippen LogP contribution >= 0.6 is 11.3 Å². The Balaban J connectivity index is 0.919.